The molecule has 9 aromatic rings. The summed E-state index contributed by atoms with van der Waals surface area (Å²) in [5.41, 5.74) is 16.3. The third kappa shape index (κ3) is 5.05. The van der Waals surface area contributed by atoms with Crippen molar-refractivity contribution in [2.75, 3.05) is 0 Å². The van der Waals surface area contributed by atoms with Crippen LogP contribution in [0, 0.1) is 0 Å². The summed E-state index contributed by atoms with van der Waals surface area (Å²) in [6.45, 7) is 0. The number of benzene rings is 8. The summed E-state index contributed by atoms with van der Waals surface area (Å²) in [4.78, 5) is 10.3. The first-order chi connectivity index (χ1) is 27.7. The first-order valence-corrected chi connectivity index (χ1v) is 19.1. The molecule has 11 rings (SSSR count). The second-order valence-electron chi connectivity index (χ2n) is 14.5. The molecular formula is C53H34N2O. The summed E-state index contributed by atoms with van der Waals surface area (Å²) in [6, 6.07) is 73.0. The Morgan fingerprint density at radius 3 is 1.38 bits per heavy atom. The molecule has 0 saturated carbocycles. The molecule has 1 spiro atoms. The fourth-order valence-electron chi connectivity index (χ4n) is 8.79. The molecular weight excluding hydrogens is 681 g/mol. The number of ether oxygens (including phenoxy) is 1. The number of aromatic nitrogens is 2. The van der Waals surface area contributed by atoms with Crippen molar-refractivity contribution >= 4 is 0 Å². The van der Waals surface area contributed by atoms with Gasteiger partial charge in [0, 0.05) is 27.8 Å². The highest BCUT2D eigenvalue weighted by molar-refractivity contribution is 5.89. The lowest BCUT2D eigenvalue weighted by Gasteiger charge is -2.39. The number of hydrogen-bond acceptors (Lipinski definition) is 3. The summed E-state index contributed by atoms with van der Waals surface area (Å²) >= 11 is 0. The van der Waals surface area contributed by atoms with Crippen LogP contribution >= 0.6 is 0 Å². The van der Waals surface area contributed by atoms with Gasteiger partial charge in [0.15, 0.2) is 5.82 Å². The van der Waals surface area contributed by atoms with Crippen molar-refractivity contribution in [1.29, 1.82) is 0 Å². The van der Waals surface area contributed by atoms with E-state index in [1.54, 1.807) is 0 Å². The number of fused-ring (bicyclic) bond motifs is 9. The van der Waals surface area contributed by atoms with Crippen LogP contribution in [0.3, 0.4) is 0 Å². The van der Waals surface area contributed by atoms with E-state index >= 15 is 0 Å². The molecule has 0 amide bonds. The number of rotatable bonds is 5. The summed E-state index contributed by atoms with van der Waals surface area (Å²) in [5.74, 6) is 2.47. The zero-order valence-corrected chi connectivity index (χ0v) is 30.4. The van der Waals surface area contributed by atoms with Crippen LogP contribution in [0.25, 0.3) is 67.3 Å². The van der Waals surface area contributed by atoms with Crippen molar-refractivity contribution in [3.8, 4) is 78.8 Å². The molecule has 56 heavy (non-hydrogen) atoms. The minimum atomic E-state index is -0.505. The molecule has 0 N–H and O–H groups in total. The van der Waals surface area contributed by atoms with Crippen LogP contribution in [-0.2, 0) is 5.41 Å². The van der Waals surface area contributed by atoms with Gasteiger partial charge in [0.1, 0.15) is 11.5 Å². The van der Waals surface area contributed by atoms with Gasteiger partial charge < -0.3 is 4.74 Å². The SMILES string of the molecule is c1ccc(-c2ccc(-c3cc(-c4ccccc4)nc(-c4ccc(-c5ccc6c(c5)C5(c7ccccc7O6)c6ccccc6-c6ccccc65)cc4)n3)cc2)cc1. The summed E-state index contributed by atoms with van der Waals surface area (Å²) < 4.78 is 6.67. The Labute approximate surface area is 326 Å². The quantitative estimate of drug-likeness (QED) is 0.178. The van der Waals surface area contributed by atoms with Gasteiger partial charge in [0.25, 0.3) is 0 Å². The summed E-state index contributed by atoms with van der Waals surface area (Å²) in [7, 11) is 0. The van der Waals surface area contributed by atoms with E-state index in [9.17, 15) is 0 Å². The Hall–Kier alpha value is -7.36. The Morgan fingerprint density at radius 2 is 0.732 bits per heavy atom. The van der Waals surface area contributed by atoms with Crippen molar-refractivity contribution in [1.82, 2.24) is 9.97 Å². The highest BCUT2D eigenvalue weighted by Crippen LogP contribution is 2.62. The zero-order chi connectivity index (χ0) is 37.1. The fraction of sp³-hybridized carbons (Fsp3) is 0.0189. The van der Waals surface area contributed by atoms with E-state index in [1.165, 1.54) is 38.9 Å². The van der Waals surface area contributed by atoms with Crippen molar-refractivity contribution in [3.05, 3.63) is 229 Å². The van der Waals surface area contributed by atoms with Crippen molar-refractivity contribution in [3.63, 3.8) is 0 Å². The summed E-state index contributed by atoms with van der Waals surface area (Å²) in [6.07, 6.45) is 0. The van der Waals surface area contributed by atoms with E-state index in [-0.39, 0.29) is 0 Å². The monoisotopic (exact) mass is 714 g/mol. The standard InChI is InChI=1S/C53H34N2O/c1-3-13-35(14-4-1)36-23-27-39(28-24-36)49-34-48(38-15-5-2-6-16-38)54-52(55-49)40-29-25-37(26-30-40)41-31-32-51-47(33-41)53(46-21-11-12-22-50(46)56-51)44-19-9-7-17-42(44)43-18-8-10-20-45(43)53/h1-34H. The number of hydrogen-bond donors (Lipinski definition) is 0. The van der Waals surface area contributed by atoms with Gasteiger partial charge in [-0.3, -0.25) is 0 Å². The molecule has 1 aliphatic heterocycles. The first kappa shape index (κ1) is 32.1. The predicted octanol–water partition coefficient (Wildman–Crippen LogP) is 13.3. The maximum Gasteiger partial charge on any atom is 0.160 e. The minimum Gasteiger partial charge on any atom is -0.457 e. The fourth-order valence-corrected chi connectivity index (χ4v) is 8.79. The summed E-state index contributed by atoms with van der Waals surface area (Å²) in [5, 5.41) is 0. The molecule has 0 atom stereocenters. The molecule has 1 aromatic heterocycles. The Balaban J connectivity index is 1.01. The van der Waals surface area contributed by atoms with Crippen molar-refractivity contribution in [2.24, 2.45) is 0 Å². The highest BCUT2D eigenvalue weighted by Gasteiger charge is 2.51. The molecule has 0 unspecified atom stereocenters. The molecule has 3 heteroatoms. The molecule has 3 nitrogen and oxygen atoms in total. The van der Waals surface area contributed by atoms with E-state index in [2.05, 4.69) is 194 Å². The van der Waals surface area contributed by atoms with Crippen LogP contribution in [0.5, 0.6) is 11.5 Å². The molecule has 0 fully saturated rings. The zero-order valence-electron chi connectivity index (χ0n) is 30.4. The Kier molecular flexibility index (Phi) is 7.39. The average molecular weight is 715 g/mol. The second kappa shape index (κ2) is 12.9. The molecule has 1 aliphatic carbocycles. The maximum absolute atomic E-state index is 6.67. The van der Waals surface area contributed by atoms with E-state index in [0.717, 1.165) is 56.3 Å². The Bertz CT molecular complexity index is 2870. The molecule has 0 bridgehead atoms. The average Bonchev–Trinajstić information content (AvgIpc) is 3.57. The molecule has 0 saturated heterocycles. The van der Waals surface area contributed by atoms with Crippen LogP contribution in [0.2, 0.25) is 0 Å². The first-order valence-electron chi connectivity index (χ1n) is 19.1. The van der Waals surface area contributed by atoms with E-state index in [4.69, 9.17) is 14.7 Å². The number of nitrogens with zero attached hydrogens (tertiary/aromatic N) is 2. The number of para-hydroxylation sites is 1. The normalized spacial score (nSPS) is 12.9. The van der Waals surface area contributed by atoms with Crippen molar-refractivity contribution in [2.45, 2.75) is 5.41 Å². The lowest BCUT2D eigenvalue weighted by Crippen LogP contribution is -2.32. The van der Waals surface area contributed by atoms with E-state index < -0.39 is 5.41 Å². The van der Waals surface area contributed by atoms with Crippen LogP contribution in [0.15, 0.2) is 206 Å². The molecule has 2 heterocycles. The van der Waals surface area contributed by atoms with Gasteiger partial charge in [-0.2, -0.15) is 0 Å². The van der Waals surface area contributed by atoms with Gasteiger partial charge in [0.05, 0.1) is 16.8 Å². The van der Waals surface area contributed by atoms with Gasteiger partial charge in [-0.15, -0.1) is 0 Å². The van der Waals surface area contributed by atoms with Gasteiger partial charge >= 0.3 is 0 Å². The minimum absolute atomic E-state index is 0.505. The van der Waals surface area contributed by atoms with Crippen molar-refractivity contribution < 1.29 is 4.74 Å². The molecule has 8 aromatic carbocycles. The van der Waals surface area contributed by atoms with Crippen LogP contribution < -0.4 is 4.74 Å². The van der Waals surface area contributed by atoms with Crippen LogP contribution in [0.1, 0.15) is 22.3 Å². The predicted molar refractivity (Wildman–Crippen MR) is 227 cm³/mol. The largest absolute Gasteiger partial charge is 0.457 e. The third-order valence-electron chi connectivity index (χ3n) is 11.4. The second-order valence-corrected chi connectivity index (χ2v) is 14.5. The molecule has 2 aliphatic rings. The molecule has 0 radical (unpaired) electrons. The van der Waals surface area contributed by atoms with Crippen LogP contribution in [0.4, 0.5) is 0 Å². The topological polar surface area (TPSA) is 35.0 Å². The lowest BCUT2D eigenvalue weighted by atomic mass is 9.66. The van der Waals surface area contributed by atoms with Gasteiger partial charge in [0.2, 0.25) is 0 Å². The third-order valence-corrected chi connectivity index (χ3v) is 11.4. The van der Waals surface area contributed by atoms with E-state index in [0.29, 0.717) is 5.82 Å². The Morgan fingerprint density at radius 1 is 0.304 bits per heavy atom. The van der Waals surface area contributed by atoms with Gasteiger partial charge in [-0.05, 0) is 68.8 Å². The van der Waals surface area contributed by atoms with Gasteiger partial charge in [-0.1, -0.05) is 182 Å². The van der Waals surface area contributed by atoms with E-state index in [1.807, 2.05) is 12.1 Å². The lowest BCUT2D eigenvalue weighted by molar-refractivity contribution is 0.436. The molecule has 262 valence electrons. The maximum atomic E-state index is 6.67. The highest BCUT2D eigenvalue weighted by atomic mass is 16.5. The van der Waals surface area contributed by atoms with Crippen LogP contribution in [-0.4, -0.2) is 9.97 Å². The smallest absolute Gasteiger partial charge is 0.160 e. The van der Waals surface area contributed by atoms with Gasteiger partial charge in [-0.25, -0.2) is 9.97 Å².